The molecular weight excluding hydrogens is 314 g/mol. The minimum Gasteiger partial charge on any atom is -0.447 e. The van der Waals surface area contributed by atoms with Gasteiger partial charge in [-0.3, -0.25) is 9.69 Å². The van der Waals surface area contributed by atoms with Crippen LogP contribution in [0.25, 0.3) is 0 Å². The number of nitrogens with one attached hydrogen (secondary N) is 1. The van der Waals surface area contributed by atoms with Crippen LogP contribution in [0, 0.1) is 0 Å². The van der Waals surface area contributed by atoms with Crippen LogP contribution < -0.4 is 5.32 Å². The van der Waals surface area contributed by atoms with Gasteiger partial charge in [-0.15, -0.1) is 0 Å². The van der Waals surface area contributed by atoms with Crippen LogP contribution in [0.2, 0.25) is 0 Å². The van der Waals surface area contributed by atoms with E-state index in [4.69, 9.17) is 4.42 Å². The summed E-state index contributed by atoms with van der Waals surface area (Å²) in [6, 6.07) is 9.43. The Morgan fingerprint density at radius 2 is 2.00 bits per heavy atom. The first-order chi connectivity index (χ1) is 12.1. The molecule has 5 nitrogen and oxygen atoms in total. The maximum Gasteiger partial charge on any atom is 0.273 e. The highest BCUT2D eigenvalue weighted by Crippen LogP contribution is 2.30. The number of hydrogen-bond donors (Lipinski definition) is 1. The van der Waals surface area contributed by atoms with E-state index in [9.17, 15) is 4.79 Å². The van der Waals surface area contributed by atoms with Crippen LogP contribution in [0.4, 0.5) is 0 Å². The summed E-state index contributed by atoms with van der Waals surface area (Å²) in [6.07, 6.45) is 3.88. The molecule has 1 fully saturated rings. The molecule has 5 heteroatoms. The third-order valence-electron chi connectivity index (χ3n) is 4.56. The predicted octanol–water partition coefficient (Wildman–Crippen LogP) is 3.71. The smallest absolute Gasteiger partial charge is 0.273 e. The summed E-state index contributed by atoms with van der Waals surface area (Å²) in [5.41, 5.74) is 3.02. The average Bonchev–Trinajstić information content (AvgIpc) is 3.34. The van der Waals surface area contributed by atoms with Gasteiger partial charge in [-0.25, -0.2) is 4.98 Å². The SMILES string of the molecule is CCNC(=O)c1coc(CN(Cc2ccc(C(C)C)cc2)C2CC2)n1. The Bertz CT molecular complexity index is 702. The third-order valence-corrected chi connectivity index (χ3v) is 4.56. The van der Waals surface area contributed by atoms with E-state index in [1.165, 1.54) is 30.2 Å². The zero-order valence-corrected chi connectivity index (χ0v) is 15.3. The number of benzene rings is 1. The van der Waals surface area contributed by atoms with Crippen molar-refractivity contribution in [2.45, 2.75) is 58.7 Å². The zero-order chi connectivity index (χ0) is 17.8. The predicted molar refractivity (Wildman–Crippen MR) is 97.3 cm³/mol. The fraction of sp³-hybridized carbons (Fsp3) is 0.500. The second kappa shape index (κ2) is 7.83. The number of aromatic nitrogens is 1. The third kappa shape index (κ3) is 4.69. The summed E-state index contributed by atoms with van der Waals surface area (Å²) in [5, 5.41) is 2.74. The molecule has 0 spiro atoms. The quantitative estimate of drug-likeness (QED) is 0.795. The van der Waals surface area contributed by atoms with Crippen LogP contribution in [-0.4, -0.2) is 28.4 Å². The lowest BCUT2D eigenvalue weighted by atomic mass is 10.0. The largest absolute Gasteiger partial charge is 0.447 e. The Kier molecular flexibility index (Phi) is 5.53. The lowest BCUT2D eigenvalue weighted by Crippen LogP contribution is -2.26. The molecule has 2 aromatic rings. The zero-order valence-electron chi connectivity index (χ0n) is 15.3. The molecule has 1 aliphatic carbocycles. The molecule has 1 aromatic carbocycles. The highest BCUT2D eigenvalue weighted by Gasteiger charge is 2.30. The molecular formula is C20H27N3O2. The molecule has 3 rings (SSSR count). The minimum atomic E-state index is -0.181. The molecule has 1 aromatic heterocycles. The van der Waals surface area contributed by atoms with Gasteiger partial charge in [0, 0.05) is 19.1 Å². The molecule has 0 saturated heterocycles. The molecule has 134 valence electrons. The van der Waals surface area contributed by atoms with Crippen molar-refractivity contribution in [2.24, 2.45) is 0 Å². The molecule has 1 amide bonds. The first kappa shape index (κ1) is 17.7. The van der Waals surface area contributed by atoms with Crippen LogP contribution in [0.15, 0.2) is 34.9 Å². The maximum atomic E-state index is 11.8. The second-order valence-electron chi connectivity index (χ2n) is 7.02. The lowest BCUT2D eigenvalue weighted by molar-refractivity contribution is 0.0950. The number of amides is 1. The van der Waals surface area contributed by atoms with Crippen molar-refractivity contribution < 1.29 is 9.21 Å². The van der Waals surface area contributed by atoms with Crippen molar-refractivity contribution in [1.29, 1.82) is 0 Å². The summed E-state index contributed by atoms with van der Waals surface area (Å²) in [4.78, 5) is 18.5. The molecule has 1 heterocycles. The van der Waals surface area contributed by atoms with E-state index in [0.717, 1.165) is 6.54 Å². The van der Waals surface area contributed by atoms with E-state index in [0.29, 0.717) is 36.6 Å². The summed E-state index contributed by atoms with van der Waals surface area (Å²) >= 11 is 0. The molecule has 0 atom stereocenters. The molecule has 0 bridgehead atoms. The summed E-state index contributed by atoms with van der Waals surface area (Å²) in [7, 11) is 0. The minimum absolute atomic E-state index is 0.181. The number of oxazole rings is 1. The van der Waals surface area contributed by atoms with Gasteiger partial charge in [0.25, 0.3) is 5.91 Å². The van der Waals surface area contributed by atoms with Gasteiger partial charge >= 0.3 is 0 Å². The van der Waals surface area contributed by atoms with Crippen molar-refractivity contribution in [3.63, 3.8) is 0 Å². The average molecular weight is 341 g/mol. The number of carbonyl (C=O) groups is 1. The van der Waals surface area contributed by atoms with Crippen molar-refractivity contribution >= 4 is 5.91 Å². The van der Waals surface area contributed by atoms with E-state index in [-0.39, 0.29) is 5.91 Å². The van der Waals surface area contributed by atoms with Crippen LogP contribution in [0.1, 0.15) is 67.0 Å². The number of carbonyl (C=O) groups excluding carboxylic acids is 1. The van der Waals surface area contributed by atoms with E-state index < -0.39 is 0 Å². The van der Waals surface area contributed by atoms with Gasteiger partial charge in [-0.1, -0.05) is 38.1 Å². The number of hydrogen-bond acceptors (Lipinski definition) is 4. The van der Waals surface area contributed by atoms with Gasteiger partial charge in [-0.05, 0) is 36.8 Å². The van der Waals surface area contributed by atoms with Gasteiger partial charge in [0.15, 0.2) is 5.69 Å². The Hall–Kier alpha value is -2.14. The van der Waals surface area contributed by atoms with Crippen molar-refractivity contribution in [2.75, 3.05) is 6.54 Å². The van der Waals surface area contributed by atoms with Crippen molar-refractivity contribution in [3.05, 3.63) is 53.2 Å². The normalized spacial score (nSPS) is 14.3. The Morgan fingerprint density at radius 3 is 2.60 bits per heavy atom. The topological polar surface area (TPSA) is 58.4 Å². The van der Waals surface area contributed by atoms with Crippen molar-refractivity contribution in [1.82, 2.24) is 15.2 Å². The Morgan fingerprint density at radius 1 is 1.28 bits per heavy atom. The first-order valence-corrected chi connectivity index (χ1v) is 9.12. The molecule has 0 aliphatic heterocycles. The van der Waals surface area contributed by atoms with Gasteiger partial charge in [0.05, 0.1) is 6.54 Å². The van der Waals surface area contributed by atoms with Gasteiger partial charge in [-0.2, -0.15) is 0 Å². The fourth-order valence-corrected chi connectivity index (χ4v) is 2.91. The molecule has 1 aliphatic rings. The molecule has 0 radical (unpaired) electrons. The van der Waals surface area contributed by atoms with E-state index in [2.05, 4.69) is 53.3 Å². The maximum absolute atomic E-state index is 11.8. The monoisotopic (exact) mass is 341 g/mol. The van der Waals surface area contributed by atoms with Crippen LogP contribution in [0.5, 0.6) is 0 Å². The van der Waals surface area contributed by atoms with Gasteiger partial charge in [0.2, 0.25) is 5.89 Å². The van der Waals surface area contributed by atoms with Crippen LogP contribution in [0.3, 0.4) is 0 Å². The van der Waals surface area contributed by atoms with Crippen LogP contribution in [-0.2, 0) is 13.1 Å². The summed E-state index contributed by atoms with van der Waals surface area (Å²) in [6.45, 7) is 8.40. The standard InChI is InChI=1S/C20H27N3O2/c1-4-21-20(24)18-13-25-19(22-18)12-23(17-9-10-17)11-15-5-7-16(8-6-15)14(2)3/h5-8,13-14,17H,4,9-12H2,1-3H3,(H,21,24). The summed E-state index contributed by atoms with van der Waals surface area (Å²) < 4.78 is 5.52. The molecule has 1 saturated carbocycles. The number of rotatable bonds is 8. The molecule has 25 heavy (non-hydrogen) atoms. The lowest BCUT2D eigenvalue weighted by Gasteiger charge is -2.20. The van der Waals surface area contributed by atoms with E-state index in [1.54, 1.807) is 0 Å². The van der Waals surface area contributed by atoms with Crippen LogP contribution >= 0.6 is 0 Å². The van der Waals surface area contributed by atoms with Gasteiger partial charge in [0.1, 0.15) is 6.26 Å². The van der Waals surface area contributed by atoms with Gasteiger partial charge < -0.3 is 9.73 Å². The second-order valence-corrected chi connectivity index (χ2v) is 7.02. The molecule has 1 N–H and O–H groups in total. The molecule has 0 unspecified atom stereocenters. The Balaban J connectivity index is 1.65. The van der Waals surface area contributed by atoms with Crippen molar-refractivity contribution in [3.8, 4) is 0 Å². The van der Waals surface area contributed by atoms with E-state index in [1.807, 2.05) is 6.92 Å². The highest BCUT2D eigenvalue weighted by molar-refractivity contribution is 5.91. The first-order valence-electron chi connectivity index (χ1n) is 9.12. The number of nitrogens with zero attached hydrogens (tertiary/aromatic N) is 2. The van der Waals surface area contributed by atoms with E-state index >= 15 is 0 Å². The fourth-order valence-electron chi connectivity index (χ4n) is 2.91. The summed E-state index contributed by atoms with van der Waals surface area (Å²) in [5.74, 6) is 0.972. The highest BCUT2D eigenvalue weighted by atomic mass is 16.3. The Labute approximate surface area is 149 Å².